The van der Waals surface area contributed by atoms with Gasteiger partial charge in [-0.3, -0.25) is 0 Å². The van der Waals surface area contributed by atoms with Gasteiger partial charge in [0, 0.05) is 0 Å². The van der Waals surface area contributed by atoms with Gasteiger partial charge in [0.15, 0.2) is 11.9 Å². The number of rotatable bonds is 3. The van der Waals surface area contributed by atoms with Gasteiger partial charge in [0.25, 0.3) is 0 Å². The molecule has 0 radical (unpaired) electrons. The molecule has 76 valence electrons. The summed E-state index contributed by atoms with van der Waals surface area (Å²) in [5.41, 5.74) is 0. The highest BCUT2D eigenvalue weighted by Gasteiger charge is 2.37. The third-order valence-corrected chi connectivity index (χ3v) is 1.72. The van der Waals surface area contributed by atoms with E-state index in [4.69, 9.17) is 14.2 Å². The summed E-state index contributed by atoms with van der Waals surface area (Å²) in [6, 6.07) is 0. The van der Waals surface area contributed by atoms with Gasteiger partial charge in [0.05, 0.1) is 13.2 Å². The molecule has 0 spiro atoms. The van der Waals surface area contributed by atoms with Crippen molar-refractivity contribution in [3.05, 3.63) is 0 Å². The van der Waals surface area contributed by atoms with E-state index in [1.54, 1.807) is 13.8 Å². The molecule has 0 saturated carbocycles. The lowest BCUT2D eigenvalue weighted by molar-refractivity contribution is -0.169. The van der Waals surface area contributed by atoms with Crippen molar-refractivity contribution in [2.75, 3.05) is 13.2 Å². The zero-order valence-corrected chi connectivity index (χ0v) is 8.33. The highest BCUT2D eigenvalue weighted by molar-refractivity contribution is 5.75. The molecule has 0 unspecified atom stereocenters. The van der Waals surface area contributed by atoms with E-state index < -0.39 is 11.9 Å². The van der Waals surface area contributed by atoms with Gasteiger partial charge in [0.1, 0.15) is 0 Å². The van der Waals surface area contributed by atoms with Gasteiger partial charge < -0.3 is 14.2 Å². The second-order valence-corrected chi connectivity index (χ2v) is 3.48. The molecule has 1 rings (SSSR count). The van der Waals surface area contributed by atoms with Crippen molar-refractivity contribution in [2.45, 2.75) is 39.1 Å². The minimum absolute atomic E-state index is 0.287. The summed E-state index contributed by atoms with van der Waals surface area (Å²) in [6.45, 7) is 6.23. The fourth-order valence-electron chi connectivity index (χ4n) is 1.10. The SMILES string of the molecule is CCCOC(=O)[C@H]1COC(C)(C)O1. The topological polar surface area (TPSA) is 44.8 Å². The lowest BCUT2D eigenvalue weighted by Crippen LogP contribution is -2.28. The second-order valence-electron chi connectivity index (χ2n) is 3.48. The molecule has 0 aromatic heterocycles. The van der Waals surface area contributed by atoms with Gasteiger partial charge >= 0.3 is 5.97 Å². The summed E-state index contributed by atoms with van der Waals surface area (Å²) >= 11 is 0. The number of ether oxygens (including phenoxy) is 3. The van der Waals surface area contributed by atoms with E-state index in [0.717, 1.165) is 6.42 Å². The molecule has 1 atom stereocenters. The van der Waals surface area contributed by atoms with Gasteiger partial charge in [-0.2, -0.15) is 0 Å². The van der Waals surface area contributed by atoms with Crippen LogP contribution < -0.4 is 0 Å². The molecule has 0 aliphatic carbocycles. The average Bonchev–Trinajstić information content (AvgIpc) is 2.42. The van der Waals surface area contributed by atoms with Gasteiger partial charge in [-0.25, -0.2) is 4.79 Å². The van der Waals surface area contributed by atoms with Crippen LogP contribution in [-0.2, 0) is 19.0 Å². The first-order chi connectivity index (χ1) is 6.05. The highest BCUT2D eigenvalue weighted by Crippen LogP contribution is 2.22. The van der Waals surface area contributed by atoms with Crippen LogP contribution in [0.4, 0.5) is 0 Å². The van der Waals surface area contributed by atoms with Crippen LogP contribution in [0.1, 0.15) is 27.2 Å². The van der Waals surface area contributed by atoms with E-state index in [-0.39, 0.29) is 12.6 Å². The van der Waals surface area contributed by atoms with Crippen molar-refractivity contribution >= 4 is 5.97 Å². The molecular formula is C9H16O4. The lowest BCUT2D eigenvalue weighted by atomic mass is 10.4. The van der Waals surface area contributed by atoms with Crippen molar-refractivity contribution in [3.63, 3.8) is 0 Å². The van der Waals surface area contributed by atoms with Gasteiger partial charge in [-0.1, -0.05) is 6.92 Å². The van der Waals surface area contributed by atoms with Crippen LogP contribution in [0.15, 0.2) is 0 Å². The Labute approximate surface area is 78.2 Å². The minimum Gasteiger partial charge on any atom is -0.464 e. The molecule has 4 nitrogen and oxygen atoms in total. The third kappa shape index (κ3) is 2.97. The maximum atomic E-state index is 11.3. The van der Waals surface area contributed by atoms with Crippen LogP contribution in [0.2, 0.25) is 0 Å². The van der Waals surface area contributed by atoms with Crippen molar-refractivity contribution < 1.29 is 19.0 Å². The van der Waals surface area contributed by atoms with Crippen LogP contribution >= 0.6 is 0 Å². The molecule has 4 heteroatoms. The molecule has 0 amide bonds. The van der Waals surface area contributed by atoms with Crippen LogP contribution in [0, 0.1) is 0 Å². The summed E-state index contributed by atoms with van der Waals surface area (Å²) in [6.07, 6.45) is 0.268. The van der Waals surface area contributed by atoms with E-state index in [1.165, 1.54) is 0 Å². The normalized spacial score (nSPS) is 25.9. The van der Waals surface area contributed by atoms with E-state index in [9.17, 15) is 4.79 Å². The van der Waals surface area contributed by atoms with Crippen molar-refractivity contribution in [2.24, 2.45) is 0 Å². The zero-order chi connectivity index (χ0) is 9.90. The predicted molar refractivity (Wildman–Crippen MR) is 46.2 cm³/mol. The molecule has 0 aromatic rings. The van der Waals surface area contributed by atoms with Crippen LogP contribution in [0.5, 0.6) is 0 Å². The molecule has 1 saturated heterocycles. The van der Waals surface area contributed by atoms with Crippen LogP contribution in [0.3, 0.4) is 0 Å². The fourth-order valence-corrected chi connectivity index (χ4v) is 1.10. The Balaban J connectivity index is 2.33. The number of carbonyl (C=O) groups excluding carboxylic acids is 1. The Morgan fingerprint density at radius 3 is 2.77 bits per heavy atom. The smallest absolute Gasteiger partial charge is 0.337 e. The molecule has 1 fully saturated rings. The second kappa shape index (κ2) is 4.07. The Kier molecular flexibility index (Phi) is 3.27. The minimum atomic E-state index is -0.657. The summed E-state index contributed by atoms with van der Waals surface area (Å²) in [4.78, 5) is 11.3. The predicted octanol–water partition coefficient (Wildman–Crippen LogP) is 1.09. The molecule has 1 aliphatic heterocycles. The maximum absolute atomic E-state index is 11.3. The maximum Gasteiger partial charge on any atom is 0.337 e. The largest absolute Gasteiger partial charge is 0.464 e. The molecule has 1 aliphatic rings. The Hall–Kier alpha value is -0.610. The average molecular weight is 188 g/mol. The summed E-state index contributed by atoms with van der Waals surface area (Å²) in [5, 5.41) is 0. The van der Waals surface area contributed by atoms with E-state index in [1.807, 2.05) is 6.92 Å². The third-order valence-electron chi connectivity index (χ3n) is 1.72. The first-order valence-electron chi connectivity index (χ1n) is 4.53. The monoisotopic (exact) mass is 188 g/mol. The quantitative estimate of drug-likeness (QED) is 0.622. The molecule has 0 aromatic carbocycles. The van der Waals surface area contributed by atoms with Gasteiger partial charge in [-0.05, 0) is 20.3 Å². The Bertz CT molecular complexity index is 188. The Morgan fingerprint density at radius 2 is 2.31 bits per heavy atom. The fraction of sp³-hybridized carbons (Fsp3) is 0.889. The first-order valence-corrected chi connectivity index (χ1v) is 4.53. The van der Waals surface area contributed by atoms with E-state index >= 15 is 0 Å². The summed E-state index contributed by atoms with van der Waals surface area (Å²) in [5.74, 6) is -0.983. The number of hydrogen-bond acceptors (Lipinski definition) is 4. The Morgan fingerprint density at radius 1 is 1.62 bits per heavy atom. The number of esters is 1. The summed E-state index contributed by atoms with van der Waals surface area (Å²) < 4.78 is 15.5. The number of carbonyl (C=O) groups is 1. The first kappa shape index (κ1) is 10.5. The molecule has 13 heavy (non-hydrogen) atoms. The standard InChI is InChI=1S/C9H16O4/c1-4-5-11-8(10)7-6-12-9(2,3)13-7/h7H,4-6H2,1-3H3/t7-/m1/s1. The van der Waals surface area contributed by atoms with Gasteiger partial charge in [-0.15, -0.1) is 0 Å². The van der Waals surface area contributed by atoms with Crippen molar-refractivity contribution in [3.8, 4) is 0 Å². The molecular weight excluding hydrogens is 172 g/mol. The molecule has 0 N–H and O–H groups in total. The lowest BCUT2D eigenvalue weighted by Gasteiger charge is -2.16. The summed E-state index contributed by atoms with van der Waals surface area (Å²) in [7, 11) is 0. The highest BCUT2D eigenvalue weighted by atomic mass is 16.8. The molecule has 0 bridgehead atoms. The van der Waals surface area contributed by atoms with Crippen molar-refractivity contribution in [1.82, 2.24) is 0 Å². The zero-order valence-electron chi connectivity index (χ0n) is 8.33. The van der Waals surface area contributed by atoms with Gasteiger partial charge in [0.2, 0.25) is 0 Å². The van der Waals surface area contributed by atoms with Crippen LogP contribution in [-0.4, -0.2) is 31.1 Å². The number of hydrogen-bond donors (Lipinski definition) is 0. The van der Waals surface area contributed by atoms with Crippen LogP contribution in [0.25, 0.3) is 0 Å². The van der Waals surface area contributed by atoms with Crippen molar-refractivity contribution in [1.29, 1.82) is 0 Å². The molecule has 1 heterocycles. The van der Waals surface area contributed by atoms with E-state index in [2.05, 4.69) is 0 Å². The van der Waals surface area contributed by atoms with E-state index in [0.29, 0.717) is 6.61 Å².